The van der Waals surface area contributed by atoms with Crippen LogP contribution in [-0.4, -0.2) is 29.0 Å². The van der Waals surface area contributed by atoms with Crippen LogP contribution in [0.2, 0.25) is 0 Å². The number of ketones is 1. The van der Waals surface area contributed by atoms with Gasteiger partial charge in [0.1, 0.15) is 5.78 Å². The summed E-state index contributed by atoms with van der Waals surface area (Å²) in [5.41, 5.74) is 0. The molecule has 0 aromatic carbocycles. The molecule has 3 heteroatoms. The Kier molecular flexibility index (Phi) is 4.09. The Balaban J connectivity index is 1.97. The molecule has 1 N–H and O–H groups in total. The van der Waals surface area contributed by atoms with E-state index in [0.717, 1.165) is 18.6 Å². The molecular weight excluding hydrogens is 172 g/mol. The number of thioether (sulfide) groups is 1. The summed E-state index contributed by atoms with van der Waals surface area (Å²) in [6.45, 7) is 2.22. The Morgan fingerprint density at radius 2 is 2.33 bits per heavy atom. The molecule has 0 spiro atoms. The van der Waals surface area contributed by atoms with E-state index in [0.29, 0.717) is 23.4 Å². The van der Waals surface area contributed by atoms with Gasteiger partial charge in [-0.3, -0.25) is 4.79 Å². The molecule has 0 radical (unpaired) electrons. The molecule has 0 heterocycles. The van der Waals surface area contributed by atoms with Crippen LogP contribution < -0.4 is 0 Å². The predicted octanol–water partition coefficient (Wildman–Crippen LogP) is 1.33. The monoisotopic (exact) mass is 188 g/mol. The molecule has 0 saturated heterocycles. The SMILES string of the molecule is CC(CO)CSCC(=O)C1CC1. The third-order valence-electron chi connectivity index (χ3n) is 1.99. The highest BCUT2D eigenvalue weighted by molar-refractivity contribution is 7.99. The van der Waals surface area contributed by atoms with Crippen molar-refractivity contribution in [3.05, 3.63) is 0 Å². The van der Waals surface area contributed by atoms with Crippen molar-refractivity contribution in [2.24, 2.45) is 11.8 Å². The van der Waals surface area contributed by atoms with Crippen molar-refractivity contribution < 1.29 is 9.90 Å². The molecule has 1 unspecified atom stereocenters. The zero-order chi connectivity index (χ0) is 8.97. The third kappa shape index (κ3) is 3.59. The Morgan fingerprint density at radius 3 is 2.83 bits per heavy atom. The largest absolute Gasteiger partial charge is 0.396 e. The molecule has 1 aliphatic rings. The molecule has 0 aromatic rings. The summed E-state index contributed by atoms with van der Waals surface area (Å²) >= 11 is 1.65. The zero-order valence-electron chi connectivity index (χ0n) is 7.45. The van der Waals surface area contributed by atoms with Crippen molar-refractivity contribution in [1.29, 1.82) is 0 Å². The molecule has 1 atom stereocenters. The second-order valence-corrected chi connectivity index (χ2v) is 4.57. The maximum Gasteiger partial charge on any atom is 0.145 e. The van der Waals surface area contributed by atoms with Crippen LogP contribution in [0.5, 0.6) is 0 Å². The summed E-state index contributed by atoms with van der Waals surface area (Å²) in [6.07, 6.45) is 2.21. The molecular formula is C9H16O2S. The number of aliphatic hydroxyl groups excluding tert-OH is 1. The Bertz CT molecular complexity index is 155. The van der Waals surface area contributed by atoms with E-state index >= 15 is 0 Å². The molecule has 0 aliphatic heterocycles. The molecule has 2 nitrogen and oxygen atoms in total. The number of Topliss-reactive ketones (excluding diaryl/α,β-unsaturated/α-hetero) is 1. The van der Waals surface area contributed by atoms with Crippen LogP contribution in [0.4, 0.5) is 0 Å². The van der Waals surface area contributed by atoms with Crippen molar-refractivity contribution in [1.82, 2.24) is 0 Å². The van der Waals surface area contributed by atoms with E-state index < -0.39 is 0 Å². The van der Waals surface area contributed by atoms with Crippen LogP contribution in [0.3, 0.4) is 0 Å². The molecule has 1 rings (SSSR count). The highest BCUT2D eigenvalue weighted by atomic mass is 32.2. The van der Waals surface area contributed by atoms with Crippen LogP contribution in [0, 0.1) is 11.8 Å². The Labute approximate surface area is 77.7 Å². The van der Waals surface area contributed by atoms with E-state index in [1.165, 1.54) is 0 Å². The van der Waals surface area contributed by atoms with Crippen molar-refractivity contribution in [2.75, 3.05) is 18.1 Å². The highest BCUT2D eigenvalue weighted by Crippen LogP contribution is 2.30. The number of hydrogen-bond acceptors (Lipinski definition) is 3. The molecule has 1 saturated carbocycles. The third-order valence-corrected chi connectivity index (χ3v) is 3.28. The van der Waals surface area contributed by atoms with Gasteiger partial charge in [0, 0.05) is 12.5 Å². The lowest BCUT2D eigenvalue weighted by Gasteiger charge is -2.05. The number of carbonyl (C=O) groups excluding carboxylic acids is 1. The normalized spacial score (nSPS) is 19.2. The van der Waals surface area contributed by atoms with Gasteiger partial charge >= 0.3 is 0 Å². The van der Waals surface area contributed by atoms with E-state index in [1.54, 1.807) is 11.8 Å². The minimum atomic E-state index is 0.227. The molecule has 1 aliphatic carbocycles. The first kappa shape index (κ1) is 10.1. The quantitative estimate of drug-likeness (QED) is 0.683. The molecule has 0 bridgehead atoms. The average molecular weight is 188 g/mol. The smallest absolute Gasteiger partial charge is 0.145 e. The topological polar surface area (TPSA) is 37.3 Å². The van der Waals surface area contributed by atoms with Crippen LogP contribution in [-0.2, 0) is 4.79 Å². The van der Waals surface area contributed by atoms with Crippen molar-refractivity contribution in [3.8, 4) is 0 Å². The van der Waals surface area contributed by atoms with Crippen molar-refractivity contribution in [3.63, 3.8) is 0 Å². The zero-order valence-corrected chi connectivity index (χ0v) is 8.27. The van der Waals surface area contributed by atoms with Crippen LogP contribution in [0.1, 0.15) is 19.8 Å². The van der Waals surface area contributed by atoms with Crippen LogP contribution >= 0.6 is 11.8 Å². The first-order chi connectivity index (χ1) is 5.74. The average Bonchev–Trinajstić information content (AvgIpc) is 2.86. The van der Waals surface area contributed by atoms with E-state index in [9.17, 15) is 4.79 Å². The van der Waals surface area contributed by atoms with Crippen LogP contribution in [0.25, 0.3) is 0 Å². The fourth-order valence-corrected chi connectivity index (χ4v) is 2.00. The Hall–Kier alpha value is -0.0200. The Morgan fingerprint density at radius 1 is 1.67 bits per heavy atom. The second-order valence-electron chi connectivity index (χ2n) is 3.54. The van der Waals surface area contributed by atoms with Gasteiger partial charge in [-0.25, -0.2) is 0 Å². The molecule has 0 aromatic heterocycles. The number of aliphatic hydroxyl groups is 1. The minimum absolute atomic E-state index is 0.227. The van der Waals surface area contributed by atoms with Gasteiger partial charge < -0.3 is 5.11 Å². The summed E-state index contributed by atoms with van der Waals surface area (Å²) in [5, 5.41) is 8.72. The summed E-state index contributed by atoms with van der Waals surface area (Å²) < 4.78 is 0. The molecule has 0 amide bonds. The number of carbonyl (C=O) groups is 1. The van der Waals surface area contributed by atoms with Gasteiger partial charge in [-0.1, -0.05) is 6.92 Å². The highest BCUT2D eigenvalue weighted by Gasteiger charge is 2.28. The lowest BCUT2D eigenvalue weighted by atomic mass is 10.2. The van der Waals surface area contributed by atoms with E-state index in [-0.39, 0.29) is 6.61 Å². The van der Waals surface area contributed by atoms with Crippen molar-refractivity contribution in [2.45, 2.75) is 19.8 Å². The second kappa shape index (κ2) is 4.87. The first-order valence-electron chi connectivity index (χ1n) is 4.45. The van der Waals surface area contributed by atoms with Gasteiger partial charge in [0.15, 0.2) is 0 Å². The van der Waals surface area contributed by atoms with E-state index in [1.807, 2.05) is 6.92 Å². The lowest BCUT2D eigenvalue weighted by molar-refractivity contribution is -0.117. The lowest BCUT2D eigenvalue weighted by Crippen LogP contribution is -2.08. The van der Waals surface area contributed by atoms with Crippen molar-refractivity contribution >= 4 is 17.5 Å². The maximum atomic E-state index is 11.2. The summed E-state index contributed by atoms with van der Waals surface area (Å²) in [7, 11) is 0. The number of hydrogen-bond donors (Lipinski definition) is 1. The minimum Gasteiger partial charge on any atom is -0.396 e. The van der Waals surface area contributed by atoms with Gasteiger partial charge in [-0.2, -0.15) is 11.8 Å². The maximum absolute atomic E-state index is 11.2. The van der Waals surface area contributed by atoms with Gasteiger partial charge in [-0.15, -0.1) is 0 Å². The predicted molar refractivity (Wildman–Crippen MR) is 51.3 cm³/mol. The summed E-state index contributed by atoms with van der Waals surface area (Å²) in [6, 6.07) is 0. The van der Waals surface area contributed by atoms with E-state index in [2.05, 4.69) is 0 Å². The van der Waals surface area contributed by atoms with Gasteiger partial charge in [-0.05, 0) is 24.5 Å². The first-order valence-corrected chi connectivity index (χ1v) is 5.60. The molecule has 1 fully saturated rings. The fourth-order valence-electron chi connectivity index (χ4n) is 0.937. The standard InChI is InChI=1S/C9H16O2S/c1-7(4-10)5-12-6-9(11)8-2-3-8/h7-8,10H,2-6H2,1H3. The van der Waals surface area contributed by atoms with E-state index in [4.69, 9.17) is 5.11 Å². The van der Waals surface area contributed by atoms with Crippen LogP contribution in [0.15, 0.2) is 0 Å². The van der Waals surface area contributed by atoms with Gasteiger partial charge in [0.25, 0.3) is 0 Å². The molecule has 12 heavy (non-hydrogen) atoms. The molecule has 70 valence electrons. The summed E-state index contributed by atoms with van der Waals surface area (Å²) in [4.78, 5) is 11.2. The fraction of sp³-hybridized carbons (Fsp3) is 0.889. The number of rotatable bonds is 6. The summed E-state index contributed by atoms with van der Waals surface area (Å²) in [5.74, 6) is 2.67. The van der Waals surface area contributed by atoms with Gasteiger partial charge in [0.05, 0.1) is 5.75 Å². The van der Waals surface area contributed by atoms with Gasteiger partial charge in [0.2, 0.25) is 0 Å².